The number of halogens is 2. The fraction of sp³-hybridized carbons (Fsp3) is 0.310. The Hall–Kier alpha value is -3.07. The van der Waals surface area contributed by atoms with Gasteiger partial charge in [-0.25, -0.2) is 0 Å². The Morgan fingerprint density at radius 1 is 1.03 bits per heavy atom. The summed E-state index contributed by atoms with van der Waals surface area (Å²) in [4.78, 5) is 39.3. The Balaban J connectivity index is 1.86. The predicted molar refractivity (Wildman–Crippen MR) is 158 cm³/mol. The van der Waals surface area contributed by atoms with Crippen molar-refractivity contribution in [2.24, 2.45) is 0 Å². The summed E-state index contributed by atoms with van der Waals surface area (Å²) >= 11 is 13.9. The number of amides is 2. The molecule has 3 aromatic carbocycles. The first kappa shape index (κ1) is 30.5. The number of nitro benzene ring substituents is 1. The lowest BCUT2D eigenvalue weighted by Gasteiger charge is -2.32. The zero-order valence-electron chi connectivity index (χ0n) is 21.8. The van der Waals surface area contributed by atoms with Crippen molar-refractivity contribution in [3.63, 3.8) is 0 Å². The van der Waals surface area contributed by atoms with Crippen molar-refractivity contribution in [1.82, 2.24) is 10.2 Å². The number of carbonyl (C=O) groups is 2. The van der Waals surface area contributed by atoms with Crippen LogP contribution in [0, 0.1) is 10.1 Å². The van der Waals surface area contributed by atoms with Crippen molar-refractivity contribution in [2.45, 2.75) is 51.1 Å². The molecule has 206 valence electrons. The van der Waals surface area contributed by atoms with Crippen molar-refractivity contribution in [3.05, 3.63) is 110 Å². The van der Waals surface area contributed by atoms with Crippen molar-refractivity contribution in [2.75, 3.05) is 5.75 Å². The van der Waals surface area contributed by atoms with E-state index < -0.39 is 11.0 Å². The summed E-state index contributed by atoms with van der Waals surface area (Å²) in [5.41, 5.74) is 2.49. The third-order valence-corrected chi connectivity index (χ3v) is 7.84. The van der Waals surface area contributed by atoms with Crippen LogP contribution in [0.25, 0.3) is 0 Å². The number of thioether (sulfide) groups is 1. The SMILES string of the molecule is CC[C@H](C)NC(=O)[C@H](Cc1ccccc1)N(Cc1ccc(Cl)cc1Cl)C(=O)CSCc1ccc([N+](=O)[O-])cc1. The molecule has 0 saturated carbocycles. The van der Waals surface area contributed by atoms with Gasteiger partial charge in [0.15, 0.2) is 0 Å². The van der Waals surface area contributed by atoms with Gasteiger partial charge in [-0.15, -0.1) is 11.8 Å². The van der Waals surface area contributed by atoms with Gasteiger partial charge in [-0.05, 0) is 42.2 Å². The summed E-state index contributed by atoms with van der Waals surface area (Å²) < 4.78 is 0. The summed E-state index contributed by atoms with van der Waals surface area (Å²) in [5, 5.41) is 14.9. The lowest BCUT2D eigenvalue weighted by atomic mass is 10.0. The van der Waals surface area contributed by atoms with Gasteiger partial charge in [-0.1, -0.05) is 78.7 Å². The fourth-order valence-corrected chi connectivity index (χ4v) is 5.22. The maximum absolute atomic E-state index is 13.7. The van der Waals surface area contributed by atoms with E-state index in [2.05, 4.69) is 5.32 Å². The Morgan fingerprint density at radius 3 is 2.33 bits per heavy atom. The van der Waals surface area contributed by atoms with Crippen LogP contribution >= 0.6 is 35.0 Å². The van der Waals surface area contributed by atoms with Crippen molar-refractivity contribution in [3.8, 4) is 0 Å². The average molecular weight is 589 g/mol. The molecule has 0 bridgehead atoms. The van der Waals surface area contributed by atoms with Crippen LogP contribution in [-0.4, -0.2) is 39.5 Å². The Morgan fingerprint density at radius 2 is 1.72 bits per heavy atom. The number of nitrogens with zero attached hydrogens (tertiary/aromatic N) is 2. The van der Waals surface area contributed by atoms with E-state index in [0.29, 0.717) is 27.8 Å². The Bertz CT molecular complexity index is 1280. The highest BCUT2D eigenvalue weighted by atomic mass is 35.5. The van der Waals surface area contributed by atoms with E-state index in [0.717, 1.165) is 17.5 Å². The number of carbonyl (C=O) groups excluding carboxylic acids is 2. The van der Waals surface area contributed by atoms with Crippen LogP contribution in [0.15, 0.2) is 72.8 Å². The van der Waals surface area contributed by atoms with E-state index in [4.69, 9.17) is 23.2 Å². The molecule has 7 nitrogen and oxygen atoms in total. The van der Waals surface area contributed by atoms with Crippen LogP contribution < -0.4 is 5.32 Å². The minimum Gasteiger partial charge on any atom is -0.352 e. The summed E-state index contributed by atoms with van der Waals surface area (Å²) in [7, 11) is 0. The maximum atomic E-state index is 13.7. The third-order valence-electron chi connectivity index (χ3n) is 6.27. The average Bonchev–Trinajstić information content (AvgIpc) is 2.92. The molecule has 0 unspecified atom stereocenters. The second kappa shape index (κ2) is 14.9. The number of rotatable bonds is 13. The maximum Gasteiger partial charge on any atom is 0.269 e. The molecule has 0 aliphatic heterocycles. The van der Waals surface area contributed by atoms with Crippen molar-refractivity contribution >= 4 is 52.5 Å². The van der Waals surface area contributed by atoms with Crippen LogP contribution in [0.1, 0.15) is 37.0 Å². The first-order valence-electron chi connectivity index (χ1n) is 12.6. The van der Waals surface area contributed by atoms with Gasteiger partial charge in [0.2, 0.25) is 11.8 Å². The molecule has 0 fully saturated rings. The lowest BCUT2D eigenvalue weighted by molar-refractivity contribution is -0.384. The summed E-state index contributed by atoms with van der Waals surface area (Å²) in [6.07, 6.45) is 1.10. The highest BCUT2D eigenvalue weighted by Crippen LogP contribution is 2.25. The molecule has 0 heterocycles. The third kappa shape index (κ3) is 9.27. The molecule has 2 amide bonds. The van der Waals surface area contributed by atoms with Gasteiger partial charge >= 0.3 is 0 Å². The van der Waals surface area contributed by atoms with Crippen LogP contribution in [0.2, 0.25) is 10.0 Å². The van der Waals surface area contributed by atoms with Crippen molar-refractivity contribution < 1.29 is 14.5 Å². The molecule has 2 atom stereocenters. The normalized spacial score (nSPS) is 12.4. The van der Waals surface area contributed by atoms with E-state index in [1.165, 1.54) is 23.9 Å². The van der Waals surface area contributed by atoms with Crippen LogP contribution in [0.5, 0.6) is 0 Å². The van der Waals surface area contributed by atoms with E-state index in [1.54, 1.807) is 35.2 Å². The lowest BCUT2D eigenvalue weighted by Crippen LogP contribution is -2.52. The highest BCUT2D eigenvalue weighted by molar-refractivity contribution is 7.99. The van der Waals surface area contributed by atoms with Gasteiger partial charge in [0, 0.05) is 46.9 Å². The zero-order chi connectivity index (χ0) is 28.4. The number of nitrogens with one attached hydrogen (secondary N) is 1. The molecule has 10 heteroatoms. The summed E-state index contributed by atoms with van der Waals surface area (Å²) in [6, 6.07) is 20.1. The molecule has 3 rings (SSSR count). The topological polar surface area (TPSA) is 92.6 Å². The Labute approximate surface area is 243 Å². The van der Waals surface area contributed by atoms with Gasteiger partial charge < -0.3 is 10.2 Å². The number of non-ortho nitro benzene ring substituents is 1. The molecular weight excluding hydrogens is 557 g/mol. The second-order valence-corrected chi connectivity index (χ2v) is 11.0. The summed E-state index contributed by atoms with van der Waals surface area (Å²) in [5.74, 6) is 0.159. The molecule has 0 saturated heterocycles. The molecule has 39 heavy (non-hydrogen) atoms. The highest BCUT2D eigenvalue weighted by Gasteiger charge is 2.31. The zero-order valence-corrected chi connectivity index (χ0v) is 24.1. The molecule has 0 aromatic heterocycles. The van der Waals surface area contributed by atoms with Crippen LogP contribution in [-0.2, 0) is 28.3 Å². The van der Waals surface area contributed by atoms with Gasteiger partial charge in [0.25, 0.3) is 5.69 Å². The predicted octanol–water partition coefficient (Wildman–Crippen LogP) is 6.69. The van der Waals surface area contributed by atoms with Gasteiger partial charge in [-0.2, -0.15) is 0 Å². The fourth-order valence-electron chi connectivity index (χ4n) is 3.88. The number of hydrogen-bond donors (Lipinski definition) is 1. The van der Waals surface area contributed by atoms with Gasteiger partial charge in [0.05, 0.1) is 10.7 Å². The number of benzene rings is 3. The summed E-state index contributed by atoms with van der Waals surface area (Å²) in [6.45, 7) is 4.06. The van der Waals surface area contributed by atoms with Gasteiger partial charge in [0.1, 0.15) is 6.04 Å². The Kier molecular flexibility index (Phi) is 11.7. The molecule has 0 aliphatic carbocycles. The van der Waals surface area contributed by atoms with E-state index >= 15 is 0 Å². The standard InChI is InChI=1S/C29H31Cl2N3O4S/c1-3-20(2)32-29(36)27(15-21-7-5-4-6-8-21)33(17-23-11-12-24(30)16-26(23)31)28(35)19-39-18-22-9-13-25(14-10-22)34(37)38/h4-14,16,20,27H,3,15,17-19H2,1-2H3,(H,32,36)/t20-,27-/m0/s1. The van der Waals surface area contributed by atoms with Crippen LogP contribution in [0.4, 0.5) is 5.69 Å². The molecule has 0 spiro atoms. The number of hydrogen-bond acceptors (Lipinski definition) is 5. The molecule has 0 radical (unpaired) electrons. The van der Waals surface area contributed by atoms with E-state index in [-0.39, 0.29) is 35.8 Å². The van der Waals surface area contributed by atoms with E-state index in [1.807, 2.05) is 44.2 Å². The first-order valence-corrected chi connectivity index (χ1v) is 14.5. The van der Waals surface area contributed by atoms with Gasteiger partial charge in [-0.3, -0.25) is 19.7 Å². The monoisotopic (exact) mass is 587 g/mol. The minimum absolute atomic E-state index is 0.0157. The minimum atomic E-state index is -0.763. The second-order valence-electron chi connectivity index (χ2n) is 9.20. The smallest absolute Gasteiger partial charge is 0.269 e. The number of nitro groups is 1. The molecule has 1 N–H and O–H groups in total. The molecule has 0 aliphatic rings. The molecular formula is C29H31Cl2N3O4S. The molecule has 3 aromatic rings. The van der Waals surface area contributed by atoms with Crippen molar-refractivity contribution in [1.29, 1.82) is 0 Å². The first-order chi connectivity index (χ1) is 18.7. The largest absolute Gasteiger partial charge is 0.352 e. The van der Waals surface area contributed by atoms with E-state index in [9.17, 15) is 19.7 Å². The quantitative estimate of drug-likeness (QED) is 0.177. The van der Waals surface area contributed by atoms with Crippen LogP contribution in [0.3, 0.4) is 0 Å².